The third kappa shape index (κ3) is 2.86. The van der Waals surface area contributed by atoms with Gasteiger partial charge in [0.25, 0.3) is 0 Å². The lowest BCUT2D eigenvalue weighted by Crippen LogP contribution is -2.59. The topological polar surface area (TPSA) is 65.5 Å². The summed E-state index contributed by atoms with van der Waals surface area (Å²) in [6.07, 6.45) is 3.94. The van der Waals surface area contributed by atoms with Crippen LogP contribution in [0.5, 0.6) is 0 Å². The minimum atomic E-state index is -0.256. The van der Waals surface area contributed by atoms with Crippen LogP contribution in [0.15, 0.2) is 24.5 Å². The molecule has 2 rings (SSSR count). The van der Waals surface area contributed by atoms with Crippen LogP contribution in [0, 0.1) is 0 Å². The van der Waals surface area contributed by atoms with E-state index in [1.807, 2.05) is 24.0 Å². The molecule has 0 aromatic carbocycles. The monoisotopic (exact) mass is 249 g/mol. The fourth-order valence-corrected chi connectivity index (χ4v) is 2.20. The number of nitrogens with zero attached hydrogens (tertiary/aromatic N) is 2. The summed E-state index contributed by atoms with van der Waals surface area (Å²) in [5.41, 5.74) is 1.08. The Bertz CT molecular complexity index is 396. The summed E-state index contributed by atoms with van der Waals surface area (Å²) in [6, 6.07) is 3.75. The van der Waals surface area contributed by atoms with Gasteiger partial charge >= 0.3 is 0 Å². The van der Waals surface area contributed by atoms with Crippen molar-refractivity contribution in [3.05, 3.63) is 30.1 Å². The van der Waals surface area contributed by atoms with E-state index in [2.05, 4.69) is 10.3 Å². The minimum Gasteiger partial charge on any atom is -0.396 e. The molecule has 18 heavy (non-hydrogen) atoms. The van der Waals surface area contributed by atoms with Crippen molar-refractivity contribution < 1.29 is 9.90 Å². The smallest absolute Gasteiger partial charge is 0.240 e. The molecule has 0 radical (unpaired) electrons. The van der Waals surface area contributed by atoms with Crippen molar-refractivity contribution in [2.24, 2.45) is 0 Å². The molecule has 1 aromatic rings. The van der Waals surface area contributed by atoms with Gasteiger partial charge in [0.05, 0.1) is 6.04 Å². The molecule has 0 spiro atoms. The Morgan fingerprint density at radius 3 is 2.89 bits per heavy atom. The van der Waals surface area contributed by atoms with Gasteiger partial charge in [0.2, 0.25) is 5.91 Å². The number of carbonyl (C=O) groups excluding carboxylic acids is 1. The molecule has 2 N–H and O–H groups in total. The van der Waals surface area contributed by atoms with Gasteiger partial charge in [-0.25, -0.2) is 0 Å². The quantitative estimate of drug-likeness (QED) is 0.797. The highest BCUT2D eigenvalue weighted by atomic mass is 16.3. The molecule has 1 aliphatic heterocycles. The van der Waals surface area contributed by atoms with Gasteiger partial charge in [-0.2, -0.15) is 0 Å². The third-order valence-electron chi connectivity index (χ3n) is 3.29. The lowest BCUT2D eigenvalue weighted by Gasteiger charge is -2.38. The highest BCUT2D eigenvalue weighted by molar-refractivity contribution is 5.83. The van der Waals surface area contributed by atoms with Crippen LogP contribution in [0.2, 0.25) is 0 Å². The van der Waals surface area contributed by atoms with Gasteiger partial charge < -0.3 is 15.3 Å². The van der Waals surface area contributed by atoms with Crippen molar-refractivity contribution in [1.82, 2.24) is 15.2 Å². The number of piperazine rings is 1. The fraction of sp³-hybridized carbons (Fsp3) is 0.538. The second-order valence-electron chi connectivity index (χ2n) is 4.64. The zero-order valence-corrected chi connectivity index (χ0v) is 10.5. The number of carbonyl (C=O) groups is 1. The average Bonchev–Trinajstić information content (AvgIpc) is 2.39. The summed E-state index contributed by atoms with van der Waals surface area (Å²) < 4.78 is 0. The summed E-state index contributed by atoms with van der Waals surface area (Å²) in [6.45, 7) is 3.43. The molecule has 1 aromatic heterocycles. The first kappa shape index (κ1) is 13.0. The van der Waals surface area contributed by atoms with Gasteiger partial charge in [0, 0.05) is 38.1 Å². The molecular formula is C13H19N3O2. The number of aliphatic hydroxyl groups excluding tert-OH is 1. The largest absolute Gasteiger partial charge is 0.396 e. The Balaban J connectivity index is 2.07. The predicted octanol–water partition coefficient (Wildman–Crippen LogP) is 0.153. The number of amides is 1. The van der Waals surface area contributed by atoms with Crippen LogP contribution >= 0.6 is 0 Å². The Hall–Kier alpha value is -1.46. The lowest BCUT2D eigenvalue weighted by atomic mass is 10.1. The first-order valence-electron chi connectivity index (χ1n) is 6.26. The lowest BCUT2D eigenvalue weighted by molar-refractivity contribution is -0.139. The fourth-order valence-electron chi connectivity index (χ4n) is 2.20. The Morgan fingerprint density at radius 1 is 1.50 bits per heavy atom. The van der Waals surface area contributed by atoms with Gasteiger partial charge in [-0.3, -0.25) is 9.78 Å². The third-order valence-corrected chi connectivity index (χ3v) is 3.29. The zero-order chi connectivity index (χ0) is 13.0. The highest BCUT2D eigenvalue weighted by Crippen LogP contribution is 2.14. The van der Waals surface area contributed by atoms with Crippen molar-refractivity contribution in [1.29, 1.82) is 0 Å². The number of nitrogens with one attached hydrogen (secondary N) is 1. The van der Waals surface area contributed by atoms with Crippen LogP contribution in [-0.2, 0) is 11.3 Å². The van der Waals surface area contributed by atoms with Crippen LogP contribution < -0.4 is 5.32 Å². The molecule has 0 saturated carbocycles. The van der Waals surface area contributed by atoms with Gasteiger partial charge in [-0.05, 0) is 31.0 Å². The molecule has 5 heteroatoms. The Labute approximate surface area is 107 Å². The molecule has 2 unspecified atom stereocenters. The number of hydrogen-bond acceptors (Lipinski definition) is 4. The van der Waals surface area contributed by atoms with Crippen molar-refractivity contribution in [2.75, 3.05) is 13.2 Å². The van der Waals surface area contributed by atoms with E-state index in [1.165, 1.54) is 0 Å². The molecule has 2 heterocycles. The van der Waals surface area contributed by atoms with E-state index in [0.717, 1.165) is 12.1 Å². The molecule has 0 bridgehead atoms. The second kappa shape index (κ2) is 5.93. The predicted molar refractivity (Wildman–Crippen MR) is 67.7 cm³/mol. The number of pyridine rings is 1. The summed E-state index contributed by atoms with van der Waals surface area (Å²) in [4.78, 5) is 18.1. The summed E-state index contributed by atoms with van der Waals surface area (Å²) in [5, 5.41) is 12.1. The number of aliphatic hydroxyl groups is 1. The van der Waals surface area contributed by atoms with Crippen molar-refractivity contribution in [2.45, 2.75) is 32.0 Å². The first-order chi connectivity index (χ1) is 8.72. The normalized spacial score (nSPS) is 24.3. The van der Waals surface area contributed by atoms with Gasteiger partial charge in [0.1, 0.15) is 0 Å². The summed E-state index contributed by atoms with van der Waals surface area (Å²) in [5.74, 6) is 0.0691. The molecular weight excluding hydrogens is 230 g/mol. The SMILES string of the molecule is CC1CNC(CCO)C(=O)N1Cc1ccncc1. The number of hydrogen-bond donors (Lipinski definition) is 2. The van der Waals surface area contributed by atoms with Gasteiger partial charge in [0.15, 0.2) is 0 Å². The molecule has 1 amide bonds. The zero-order valence-electron chi connectivity index (χ0n) is 10.5. The molecule has 1 aliphatic rings. The summed E-state index contributed by atoms with van der Waals surface area (Å²) >= 11 is 0. The van der Waals surface area contributed by atoms with E-state index in [-0.39, 0.29) is 24.6 Å². The Morgan fingerprint density at radius 2 is 2.22 bits per heavy atom. The second-order valence-corrected chi connectivity index (χ2v) is 4.64. The molecule has 98 valence electrons. The average molecular weight is 249 g/mol. The molecule has 1 fully saturated rings. The molecule has 5 nitrogen and oxygen atoms in total. The Kier molecular flexibility index (Phi) is 4.28. The summed E-state index contributed by atoms with van der Waals surface area (Å²) in [7, 11) is 0. The highest BCUT2D eigenvalue weighted by Gasteiger charge is 2.32. The van der Waals surface area contributed by atoms with Gasteiger partial charge in [-0.1, -0.05) is 0 Å². The number of rotatable bonds is 4. The van der Waals surface area contributed by atoms with E-state index < -0.39 is 0 Å². The van der Waals surface area contributed by atoms with E-state index in [1.54, 1.807) is 12.4 Å². The van der Waals surface area contributed by atoms with E-state index in [9.17, 15) is 4.79 Å². The first-order valence-corrected chi connectivity index (χ1v) is 6.26. The van der Waals surface area contributed by atoms with Crippen LogP contribution in [0.1, 0.15) is 18.9 Å². The minimum absolute atomic E-state index is 0.0287. The van der Waals surface area contributed by atoms with Crippen LogP contribution in [0.25, 0.3) is 0 Å². The standard InChI is InChI=1S/C13H19N3O2/c1-10-8-15-12(4-7-17)13(18)16(10)9-11-2-5-14-6-3-11/h2-3,5-6,10,12,15,17H,4,7-9H2,1H3. The van der Waals surface area contributed by atoms with E-state index in [4.69, 9.17) is 5.11 Å². The molecule has 2 atom stereocenters. The maximum Gasteiger partial charge on any atom is 0.240 e. The van der Waals surface area contributed by atoms with E-state index >= 15 is 0 Å². The van der Waals surface area contributed by atoms with Crippen molar-refractivity contribution in [3.8, 4) is 0 Å². The van der Waals surface area contributed by atoms with Crippen LogP contribution in [0.3, 0.4) is 0 Å². The van der Waals surface area contributed by atoms with Crippen molar-refractivity contribution >= 4 is 5.91 Å². The number of aromatic nitrogens is 1. The maximum atomic E-state index is 12.3. The van der Waals surface area contributed by atoms with Gasteiger partial charge in [-0.15, -0.1) is 0 Å². The molecule has 0 aliphatic carbocycles. The van der Waals surface area contributed by atoms with Crippen molar-refractivity contribution in [3.63, 3.8) is 0 Å². The van der Waals surface area contributed by atoms with Crippen LogP contribution in [-0.4, -0.2) is 46.1 Å². The molecule has 1 saturated heterocycles. The maximum absolute atomic E-state index is 12.3. The van der Waals surface area contributed by atoms with Crippen LogP contribution in [0.4, 0.5) is 0 Å². The van der Waals surface area contributed by atoms with E-state index in [0.29, 0.717) is 13.0 Å².